The van der Waals surface area contributed by atoms with Crippen molar-refractivity contribution in [2.45, 2.75) is 84.0 Å². The molecule has 2 amide bonds. The van der Waals surface area contributed by atoms with Gasteiger partial charge in [-0.1, -0.05) is 26.7 Å². The highest BCUT2D eigenvalue weighted by Crippen LogP contribution is 2.24. The van der Waals surface area contributed by atoms with Crippen molar-refractivity contribution in [2.24, 2.45) is 11.7 Å². The van der Waals surface area contributed by atoms with Gasteiger partial charge in [0.15, 0.2) is 0 Å². The van der Waals surface area contributed by atoms with Gasteiger partial charge in [0.2, 0.25) is 5.91 Å². The van der Waals surface area contributed by atoms with E-state index >= 15 is 0 Å². The number of nitrogens with one attached hydrogen (secondary N) is 1. The van der Waals surface area contributed by atoms with E-state index < -0.39 is 11.6 Å². The Morgan fingerprint density at radius 3 is 2.30 bits per heavy atom. The van der Waals surface area contributed by atoms with E-state index in [4.69, 9.17) is 10.5 Å². The van der Waals surface area contributed by atoms with Crippen molar-refractivity contribution < 1.29 is 14.3 Å². The summed E-state index contributed by atoms with van der Waals surface area (Å²) in [6.07, 6.45) is 3.45. The number of nitrogens with two attached hydrogens (primary N) is 1. The van der Waals surface area contributed by atoms with E-state index in [2.05, 4.69) is 5.32 Å². The summed E-state index contributed by atoms with van der Waals surface area (Å²) in [6.45, 7) is 9.40. The van der Waals surface area contributed by atoms with Gasteiger partial charge in [0, 0.05) is 13.1 Å². The minimum Gasteiger partial charge on any atom is -0.444 e. The molecule has 3 N–H and O–H groups in total. The molecule has 1 rings (SSSR count). The van der Waals surface area contributed by atoms with E-state index in [0.717, 1.165) is 25.7 Å². The van der Waals surface area contributed by atoms with Gasteiger partial charge in [-0.3, -0.25) is 4.79 Å². The average Bonchev–Trinajstić information content (AvgIpc) is 2.44. The molecule has 134 valence electrons. The first-order valence-corrected chi connectivity index (χ1v) is 8.54. The SMILES string of the molecule is CC(C)[C@H](N)C(=O)N[C@H]1CCCC[C@@H]1N(C)C(=O)OC(C)(C)C. The third kappa shape index (κ3) is 6.01. The zero-order chi connectivity index (χ0) is 17.8. The van der Waals surface area contributed by atoms with Crippen LogP contribution in [0, 0.1) is 5.92 Å². The lowest BCUT2D eigenvalue weighted by Gasteiger charge is -2.39. The summed E-state index contributed by atoms with van der Waals surface area (Å²) in [6, 6.07) is -0.648. The molecule has 0 aliphatic heterocycles. The maximum absolute atomic E-state index is 12.3. The largest absolute Gasteiger partial charge is 0.444 e. The number of rotatable bonds is 4. The Labute approximate surface area is 140 Å². The van der Waals surface area contributed by atoms with Crippen molar-refractivity contribution in [1.29, 1.82) is 0 Å². The van der Waals surface area contributed by atoms with E-state index in [1.807, 2.05) is 34.6 Å². The molecule has 1 aliphatic carbocycles. The number of hydrogen-bond donors (Lipinski definition) is 2. The Morgan fingerprint density at radius 2 is 1.78 bits per heavy atom. The molecule has 23 heavy (non-hydrogen) atoms. The van der Waals surface area contributed by atoms with Crippen LogP contribution in [-0.2, 0) is 9.53 Å². The molecule has 0 aromatic rings. The normalized spacial score (nSPS) is 23.3. The van der Waals surface area contributed by atoms with Crippen molar-refractivity contribution in [1.82, 2.24) is 10.2 Å². The van der Waals surface area contributed by atoms with Gasteiger partial charge in [-0.2, -0.15) is 0 Å². The second-order valence-electron chi connectivity index (χ2n) is 7.83. The number of ether oxygens (including phenoxy) is 1. The van der Waals surface area contributed by atoms with Gasteiger partial charge < -0.3 is 20.7 Å². The van der Waals surface area contributed by atoms with Crippen LogP contribution in [0.3, 0.4) is 0 Å². The van der Waals surface area contributed by atoms with Crippen LogP contribution in [-0.4, -0.2) is 47.7 Å². The fraction of sp³-hybridized carbons (Fsp3) is 0.882. The first-order valence-electron chi connectivity index (χ1n) is 8.54. The van der Waals surface area contributed by atoms with Gasteiger partial charge in [-0.25, -0.2) is 4.79 Å². The lowest BCUT2D eigenvalue weighted by Crippen LogP contribution is -2.57. The van der Waals surface area contributed by atoms with Gasteiger partial charge in [0.1, 0.15) is 5.60 Å². The van der Waals surface area contributed by atoms with Gasteiger partial charge in [-0.05, 0) is 39.5 Å². The van der Waals surface area contributed by atoms with E-state index in [1.54, 1.807) is 11.9 Å². The Balaban J connectivity index is 2.74. The molecule has 0 unspecified atom stereocenters. The minimum absolute atomic E-state index is 0.0538. The maximum atomic E-state index is 12.3. The van der Waals surface area contributed by atoms with Crippen molar-refractivity contribution >= 4 is 12.0 Å². The number of hydrogen-bond acceptors (Lipinski definition) is 4. The van der Waals surface area contributed by atoms with E-state index in [-0.39, 0.29) is 30.0 Å². The summed E-state index contributed by atoms with van der Waals surface area (Å²) in [5.74, 6) is -0.0601. The number of amides is 2. The predicted octanol–water partition coefficient (Wildman–Crippen LogP) is 2.26. The third-order valence-corrected chi connectivity index (χ3v) is 4.26. The molecule has 0 aromatic heterocycles. The Kier molecular flexibility index (Phi) is 6.86. The summed E-state index contributed by atoms with van der Waals surface area (Å²) < 4.78 is 5.44. The maximum Gasteiger partial charge on any atom is 0.410 e. The van der Waals surface area contributed by atoms with Crippen molar-refractivity contribution in [3.05, 3.63) is 0 Å². The second-order valence-corrected chi connectivity index (χ2v) is 7.83. The Hall–Kier alpha value is -1.30. The van der Waals surface area contributed by atoms with Crippen LogP contribution in [0.25, 0.3) is 0 Å². The molecular weight excluding hydrogens is 294 g/mol. The summed E-state index contributed by atoms with van der Waals surface area (Å²) in [7, 11) is 1.74. The molecule has 0 heterocycles. The van der Waals surface area contributed by atoms with Crippen LogP contribution in [0.1, 0.15) is 60.3 Å². The topological polar surface area (TPSA) is 84.7 Å². The van der Waals surface area contributed by atoms with Crippen LogP contribution in [0.15, 0.2) is 0 Å². The van der Waals surface area contributed by atoms with Crippen LogP contribution in [0.4, 0.5) is 4.79 Å². The molecule has 0 saturated heterocycles. The second kappa shape index (κ2) is 7.99. The van der Waals surface area contributed by atoms with E-state index in [0.29, 0.717) is 0 Å². The molecule has 6 nitrogen and oxygen atoms in total. The summed E-state index contributed by atoms with van der Waals surface area (Å²) in [4.78, 5) is 26.2. The molecule has 0 aromatic carbocycles. The zero-order valence-corrected chi connectivity index (χ0v) is 15.4. The first kappa shape index (κ1) is 19.7. The number of carbonyl (C=O) groups is 2. The zero-order valence-electron chi connectivity index (χ0n) is 15.4. The van der Waals surface area contributed by atoms with Gasteiger partial charge in [0.05, 0.1) is 12.1 Å². The summed E-state index contributed by atoms with van der Waals surface area (Å²) in [5, 5.41) is 3.04. The molecule has 0 bridgehead atoms. The lowest BCUT2D eigenvalue weighted by atomic mass is 9.89. The van der Waals surface area contributed by atoms with E-state index in [9.17, 15) is 9.59 Å². The van der Waals surface area contributed by atoms with Gasteiger partial charge in [0.25, 0.3) is 0 Å². The first-order chi connectivity index (χ1) is 10.5. The van der Waals surface area contributed by atoms with Crippen LogP contribution in [0.5, 0.6) is 0 Å². The summed E-state index contributed by atoms with van der Waals surface area (Å²) in [5.41, 5.74) is 5.40. The van der Waals surface area contributed by atoms with E-state index in [1.165, 1.54) is 0 Å². The van der Waals surface area contributed by atoms with Gasteiger partial charge in [-0.15, -0.1) is 0 Å². The number of carbonyl (C=O) groups excluding carboxylic acids is 2. The molecule has 1 fully saturated rings. The quantitative estimate of drug-likeness (QED) is 0.829. The van der Waals surface area contributed by atoms with Crippen molar-refractivity contribution in [3.63, 3.8) is 0 Å². The molecule has 0 spiro atoms. The smallest absolute Gasteiger partial charge is 0.410 e. The van der Waals surface area contributed by atoms with Crippen molar-refractivity contribution in [2.75, 3.05) is 7.05 Å². The molecule has 1 aliphatic rings. The van der Waals surface area contributed by atoms with Crippen LogP contribution in [0.2, 0.25) is 0 Å². The average molecular weight is 327 g/mol. The predicted molar refractivity (Wildman–Crippen MR) is 91.0 cm³/mol. The third-order valence-electron chi connectivity index (χ3n) is 4.26. The summed E-state index contributed by atoms with van der Waals surface area (Å²) >= 11 is 0. The molecule has 0 radical (unpaired) electrons. The number of nitrogens with zero attached hydrogens (tertiary/aromatic N) is 1. The standard InChI is InChI=1S/C17H33N3O3/c1-11(2)14(18)15(21)19-12-9-7-8-10-13(12)20(6)16(22)23-17(3,4)5/h11-14H,7-10,18H2,1-6H3,(H,19,21)/t12-,13-,14-/m0/s1. The molecular formula is C17H33N3O3. The molecule has 1 saturated carbocycles. The lowest BCUT2D eigenvalue weighted by molar-refractivity contribution is -0.124. The minimum atomic E-state index is -0.529. The van der Waals surface area contributed by atoms with Crippen LogP contribution < -0.4 is 11.1 Å². The molecule has 3 atom stereocenters. The Morgan fingerprint density at radius 1 is 1.22 bits per heavy atom. The highest BCUT2D eigenvalue weighted by Gasteiger charge is 2.34. The fourth-order valence-electron chi connectivity index (χ4n) is 2.79. The van der Waals surface area contributed by atoms with Crippen LogP contribution >= 0.6 is 0 Å². The van der Waals surface area contributed by atoms with Crippen molar-refractivity contribution in [3.8, 4) is 0 Å². The Bertz CT molecular complexity index is 418. The molecule has 6 heteroatoms. The highest BCUT2D eigenvalue weighted by molar-refractivity contribution is 5.82. The highest BCUT2D eigenvalue weighted by atomic mass is 16.6. The monoisotopic (exact) mass is 327 g/mol. The number of likely N-dealkylation sites (N-methyl/N-ethyl adjacent to an activating group) is 1. The fourth-order valence-corrected chi connectivity index (χ4v) is 2.79. The van der Waals surface area contributed by atoms with Gasteiger partial charge >= 0.3 is 6.09 Å².